The fourth-order valence-electron chi connectivity index (χ4n) is 1.31. The van der Waals surface area contributed by atoms with Crippen molar-refractivity contribution in [1.82, 2.24) is 4.90 Å². The number of hydrogen-bond donors (Lipinski definition) is 1. The zero-order chi connectivity index (χ0) is 11.0. The average molecular weight is 202 g/mol. The van der Waals surface area contributed by atoms with Crippen LogP contribution >= 0.6 is 0 Å². The molecule has 0 aromatic carbocycles. The van der Waals surface area contributed by atoms with Gasteiger partial charge in [-0.1, -0.05) is 6.42 Å². The van der Waals surface area contributed by atoms with Gasteiger partial charge in [-0.3, -0.25) is 9.69 Å². The summed E-state index contributed by atoms with van der Waals surface area (Å²) in [5, 5.41) is 0. The van der Waals surface area contributed by atoms with Crippen molar-refractivity contribution in [2.45, 2.75) is 32.2 Å². The molecule has 0 aliphatic carbocycles. The van der Waals surface area contributed by atoms with Crippen molar-refractivity contribution < 1.29 is 9.53 Å². The van der Waals surface area contributed by atoms with E-state index in [1.54, 1.807) is 0 Å². The van der Waals surface area contributed by atoms with E-state index in [2.05, 4.69) is 0 Å². The minimum absolute atomic E-state index is 0.124. The summed E-state index contributed by atoms with van der Waals surface area (Å²) in [4.78, 5) is 13.4. The summed E-state index contributed by atoms with van der Waals surface area (Å²) < 4.78 is 4.98. The molecule has 0 heterocycles. The van der Waals surface area contributed by atoms with E-state index < -0.39 is 0 Å². The number of nitrogens with zero attached hydrogens (tertiary/aromatic N) is 1. The molecule has 0 aliphatic rings. The fourth-order valence-corrected chi connectivity index (χ4v) is 1.31. The van der Waals surface area contributed by atoms with Crippen molar-refractivity contribution in [3.63, 3.8) is 0 Å². The van der Waals surface area contributed by atoms with Crippen molar-refractivity contribution in [1.29, 1.82) is 0 Å². The van der Waals surface area contributed by atoms with Gasteiger partial charge in [0.25, 0.3) is 0 Å². The van der Waals surface area contributed by atoms with Crippen LogP contribution in [0.3, 0.4) is 0 Å². The van der Waals surface area contributed by atoms with Crippen LogP contribution in [-0.4, -0.2) is 44.2 Å². The number of carbonyl (C=O) groups excluding carboxylic acids is 1. The van der Waals surface area contributed by atoms with E-state index in [0.717, 1.165) is 19.3 Å². The Morgan fingerprint density at radius 2 is 2.07 bits per heavy atom. The summed E-state index contributed by atoms with van der Waals surface area (Å²) in [5.74, 6) is -0.130. The van der Waals surface area contributed by atoms with Crippen LogP contribution in [-0.2, 0) is 9.53 Å². The summed E-state index contributed by atoms with van der Waals surface area (Å²) in [5.41, 5.74) is 5.40. The van der Waals surface area contributed by atoms with Crippen LogP contribution in [0.4, 0.5) is 0 Å². The highest BCUT2D eigenvalue weighted by Gasteiger charge is 2.20. The standard InChI is InChI=1S/C10H22N2O2/c1-4-14-10(13)9(12(2)3)7-5-6-8-11/h9H,4-8,11H2,1-3H3/t9-/m0/s1. The van der Waals surface area contributed by atoms with Gasteiger partial charge in [-0.15, -0.1) is 0 Å². The third kappa shape index (κ3) is 5.19. The van der Waals surface area contributed by atoms with Crippen LogP contribution in [0.5, 0.6) is 0 Å². The van der Waals surface area contributed by atoms with Gasteiger partial charge in [0.15, 0.2) is 0 Å². The third-order valence-corrected chi connectivity index (χ3v) is 2.11. The molecule has 1 atom stereocenters. The van der Waals surface area contributed by atoms with Gasteiger partial charge in [0, 0.05) is 0 Å². The Balaban J connectivity index is 3.95. The first kappa shape index (κ1) is 13.4. The molecule has 4 heteroatoms. The molecule has 0 aromatic heterocycles. The summed E-state index contributed by atoms with van der Waals surface area (Å²) in [7, 11) is 3.79. The van der Waals surface area contributed by atoms with Gasteiger partial charge in [0.1, 0.15) is 6.04 Å². The zero-order valence-electron chi connectivity index (χ0n) is 9.45. The minimum atomic E-state index is -0.130. The average Bonchev–Trinajstić information content (AvgIpc) is 2.12. The monoisotopic (exact) mass is 202 g/mol. The summed E-state index contributed by atoms with van der Waals surface area (Å²) in [6.45, 7) is 2.95. The maximum absolute atomic E-state index is 11.5. The second-order valence-electron chi connectivity index (χ2n) is 3.52. The van der Waals surface area contributed by atoms with Crippen molar-refractivity contribution in [3.05, 3.63) is 0 Å². The van der Waals surface area contributed by atoms with Crippen LogP contribution < -0.4 is 5.73 Å². The van der Waals surface area contributed by atoms with E-state index in [0.29, 0.717) is 13.2 Å². The van der Waals surface area contributed by atoms with Crippen molar-refractivity contribution in [2.75, 3.05) is 27.2 Å². The van der Waals surface area contributed by atoms with E-state index in [9.17, 15) is 4.79 Å². The normalized spacial score (nSPS) is 12.9. The molecule has 84 valence electrons. The molecule has 0 radical (unpaired) electrons. The Morgan fingerprint density at radius 1 is 1.43 bits per heavy atom. The molecule has 0 amide bonds. The molecule has 4 nitrogen and oxygen atoms in total. The molecular formula is C10H22N2O2. The quantitative estimate of drug-likeness (QED) is 0.485. The Kier molecular flexibility index (Phi) is 7.42. The predicted molar refractivity (Wildman–Crippen MR) is 57.0 cm³/mol. The molecular weight excluding hydrogens is 180 g/mol. The van der Waals surface area contributed by atoms with E-state index in [1.807, 2.05) is 25.9 Å². The van der Waals surface area contributed by atoms with Crippen LogP contribution in [0.1, 0.15) is 26.2 Å². The minimum Gasteiger partial charge on any atom is -0.465 e. The Hall–Kier alpha value is -0.610. The first-order chi connectivity index (χ1) is 6.63. The van der Waals surface area contributed by atoms with Gasteiger partial charge >= 0.3 is 5.97 Å². The summed E-state index contributed by atoms with van der Waals surface area (Å²) >= 11 is 0. The highest BCUT2D eigenvalue weighted by molar-refractivity contribution is 5.75. The van der Waals surface area contributed by atoms with Crippen molar-refractivity contribution in [2.24, 2.45) is 5.73 Å². The van der Waals surface area contributed by atoms with Crippen LogP contribution in [0.15, 0.2) is 0 Å². The highest BCUT2D eigenvalue weighted by Crippen LogP contribution is 2.07. The first-order valence-electron chi connectivity index (χ1n) is 5.16. The highest BCUT2D eigenvalue weighted by atomic mass is 16.5. The predicted octanol–water partition coefficient (Wildman–Crippen LogP) is 0.609. The molecule has 14 heavy (non-hydrogen) atoms. The van der Waals surface area contributed by atoms with Gasteiger partial charge in [-0.2, -0.15) is 0 Å². The van der Waals surface area contributed by atoms with Crippen molar-refractivity contribution in [3.8, 4) is 0 Å². The van der Waals surface area contributed by atoms with Crippen LogP contribution in [0, 0.1) is 0 Å². The largest absolute Gasteiger partial charge is 0.465 e. The number of rotatable bonds is 7. The molecule has 0 saturated heterocycles. The number of esters is 1. The Bertz CT molecular complexity index is 160. The van der Waals surface area contributed by atoms with Gasteiger partial charge < -0.3 is 10.5 Å². The molecule has 2 N–H and O–H groups in total. The first-order valence-corrected chi connectivity index (χ1v) is 5.16. The number of carbonyl (C=O) groups is 1. The second kappa shape index (κ2) is 7.76. The second-order valence-corrected chi connectivity index (χ2v) is 3.52. The summed E-state index contributed by atoms with van der Waals surface area (Å²) in [6, 6.07) is -0.124. The van der Waals surface area contributed by atoms with E-state index in [-0.39, 0.29) is 12.0 Å². The molecule has 0 fully saturated rings. The van der Waals surface area contributed by atoms with Gasteiger partial charge in [-0.25, -0.2) is 0 Å². The number of hydrogen-bond acceptors (Lipinski definition) is 4. The smallest absolute Gasteiger partial charge is 0.323 e. The third-order valence-electron chi connectivity index (χ3n) is 2.11. The molecule has 0 saturated carbocycles. The topological polar surface area (TPSA) is 55.6 Å². The van der Waals surface area contributed by atoms with Gasteiger partial charge in [0.2, 0.25) is 0 Å². The molecule has 0 aromatic rings. The van der Waals surface area contributed by atoms with E-state index >= 15 is 0 Å². The molecule has 0 unspecified atom stereocenters. The number of unbranched alkanes of at least 4 members (excludes halogenated alkanes) is 1. The number of nitrogens with two attached hydrogens (primary N) is 1. The van der Waals surface area contributed by atoms with E-state index in [4.69, 9.17) is 10.5 Å². The number of ether oxygens (including phenoxy) is 1. The molecule has 0 rings (SSSR count). The van der Waals surface area contributed by atoms with Gasteiger partial charge in [0.05, 0.1) is 6.61 Å². The zero-order valence-corrected chi connectivity index (χ0v) is 9.45. The maximum atomic E-state index is 11.5. The molecule has 0 aliphatic heterocycles. The van der Waals surface area contributed by atoms with Gasteiger partial charge in [-0.05, 0) is 40.4 Å². The van der Waals surface area contributed by atoms with Crippen LogP contribution in [0.25, 0.3) is 0 Å². The van der Waals surface area contributed by atoms with Crippen LogP contribution in [0.2, 0.25) is 0 Å². The van der Waals surface area contributed by atoms with E-state index in [1.165, 1.54) is 0 Å². The molecule has 0 spiro atoms. The lowest BCUT2D eigenvalue weighted by Gasteiger charge is -2.22. The Labute approximate surface area is 86.4 Å². The maximum Gasteiger partial charge on any atom is 0.323 e. The Morgan fingerprint density at radius 3 is 2.50 bits per heavy atom. The lowest BCUT2D eigenvalue weighted by Crippen LogP contribution is -2.37. The molecule has 0 bridgehead atoms. The lowest BCUT2D eigenvalue weighted by molar-refractivity contribution is -0.148. The summed E-state index contributed by atoms with van der Waals surface area (Å²) in [6.07, 6.45) is 2.75. The fraction of sp³-hybridized carbons (Fsp3) is 0.900. The number of likely N-dealkylation sites (N-methyl/N-ethyl adjacent to an activating group) is 1. The van der Waals surface area contributed by atoms with Crippen molar-refractivity contribution >= 4 is 5.97 Å². The lowest BCUT2D eigenvalue weighted by atomic mass is 10.1. The SMILES string of the molecule is CCOC(=O)[C@H](CCCCN)N(C)C.